The molecular weight excluding hydrogens is 186 g/mol. The molecule has 1 rings (SSSR count). The van der Waals surface area contributed by atoms with Gasteiger partial charge >= 0.3 is 5.97 Å². The SMILES string of the molecule is C[C@@H]1[C@H](C)C(ON)OC(C(=O)O)[C@H]1C. The molecule has 0 radical (unpaired) electrons. The number of carboxylic acid groups (broad SMARTS) is 1. The van der Waals surface area contributed by atoms with Crippen LogP contribution in [0.4, 0.5) is 0 Å². The summed E-state index contributed by atoms with van der Waals surface area (Å²) in [5.41, 5.74) is 0. The maximum atomic E-state index is 10.9. The van der Waals surface area contributed by atoms with E-state index in [-0.39, 0.29) is 17.8 Å². The summed E-state index contributed by atoms with van der Waals surface area (Å²) < 4.78 is 5.25. The Kier molecular flexibility index (Phi) is 3.47. The van der Waals surface area contributed by atoms with Crippen molar-refractivity contribution in [2.45, 2.75) is 33.2 Å². The number of carbonyl (C=O) groups is 1. The highest BCUT2D eigenvalue weighted by Gasteiger charge is 2.42. The normalized spacial score (nSPS) is 43.6. The minimum Gasteiger partial charge on any atom is -0.479 e. The van der Waals surface area contributed by atoms with Gasteiger partial charge in [0.1, 0.15) is 0 Å². The van der Waals surface area contributed by atoms with E-state index >= 15 is 0 Å². The van der Waals surface area contributed by atoms with Crippen molar-refractivity contribution in [1.29, 1.82) is 0 Å². The topological polar surface area (TPSA) is 81.8 Å². The van der Waals surface area contributed by atoms with Crippen molar-refractivity contribution in [3.63, 3.8) is 0 Å². The minimum absolute atomic E-state index is 0.0334. The third kappa shape index (κ3) is 1.89. The molecule has 0 spiro atoms. The highest BCUT2D eigenvalue weighted by Crippen LogP contribution is 2.34. The van der Waals surface area contributed by atoms with E-state index in [0.717, 1.165) is 0 Å². The van der Waals surface area contributed by atoms with Crippen LogP contribution in [0, 0.1) is 17.8 Å². The number of nitrogens with two attached hydrogens (primary N) is 1. The maximum Gasteiger partial charge on any atom is 0.333 e. The molecule has 1 saturated heterocycles. The van der Waals surface area contributed by atoms with Gasteiger partial charge in [0.2, 0.25) is 0 Å². The van der Waals surface area contributed by atoms with Crippen LogP contribution in [0.3, 0.4) is 0 Å². The van der Waals surface area contributed by atoms with Crippen LogP contribution >= 0.6 is 0 Å². The molecule has 0 amide bonds. The van der Waals surface area contributed by atoms with Crippen LogP contribution in [0.1, 0.15) is 20.8 Å². The lowest BCUT2D eigenvalue weighted by Crippen LogP contribution is -2.49. The summed E-state index contributed by atoms with van der Waals surface area (Å²) in [6, 6.07) is 0. The summed E-state index contributed by atoms with van der Waals surface area (Å²) in [4.78, 5) is 15.5. The number of aliphatic carboxylic acids is 1. The highest BCUT2D eigenvalue weighted by molar-refractivity contribution is 5.72. The molecule has 1 heterocycles. The van der Waals surface area contributed by atoms with Crippen molar-refractivity contribution in [2.75, 3.05) is 0 Å². The largest absolute Gasteiger partial charge is 0.479 e. The standard InChI is InChI=1S/C9H17NO4/c1-4-5(2)7(8(11)12)13-9(14-10)6(4)3/h4-7,9H,10H2,1-3H3,(H,11,12)/t4-,5-,6-,7?,9?/m0/s1. The first-order valence-electron chi connectivity index (χ1n) is 4.72. The second-order valence-corrected chi connectivity index (χ2v) is 3.98. The van der Waals surface area contributed by atoms with Gasteiger partial charge in [-0.2, -0.15) is 0 Å². The first kappa shape index (κ1) is 11.4. The lowest BCUT2D eigenvalue weighted by atomic mass is 9.79. The summed E-state index contributed by atoms with van der Waals surface area (Å²) in [7, 11) is 0. The Morgan fingerprint density at radius 3 is 2.29 bits per heavy atom. The van der Waals surface area contributed by atoms with E-state index in [0.29, 0.717) is 0 Å². The van der Waals surface area contributed by atoms with Gasteiger partial charge in [0.05, 0.1) is 0 Å². The Morgan fingerprint density at radius 2 is 1.86 bits per heavy atom. The summed E-state index contributed by atoms with van der Waals surface area (Å²) in [6.45, 7) is 5.79. The van der Waals surface area contributed by atoms with Gasteiger partial charge in [0.25, 0.3) is 0 Å². The molecule has 3 N–H and O–H groups in total. The fourth-order valence-corrected chi connectivity index (χ4v) is 1.83. The molecule has 0 aromatic heterocycles. The van der Waals surface area contributed by atoms with Gasteiger partial charge in [-0.1, -0.05) is 20.8 Å². The lowest BCUT2D eigenvalue weighted by Gasteiger charge is -2.40. The molecule has 5 nitrogen and oxygen atoms in total. The molecule has 0 aromatic carbocycles. The highest BCUT2D eigenvalue weighted by atomic mass is 16.8. The third-order valence-electron chi connectivity index (χ3n) is 3.22. The second-order valence-electron chi connectivity index (χ2n) is 3.98. The second kappa shape index (κ2) is 4.25. The zero-order valence-electron chi connectivity index (χ0n) is 8.64. The van der Waals surface area contributed by atoms with Crippen molar-refractivity contribution >= 4 is 5.97 Å². The first-order chi connectivity index (χ1) is 6.49. The van der Waals surface area contributed by atoms with Crippen LogP contribution < -0.4 is 5.90 Å². The molecule has 0 aromatic rings. The molecule has 1 aliphatic rings. The number of carboxylic acids is 1. The van der Waals surface area contributed by atoms with E-state index < -0.39 is 18.4 Å². The van der Waals surface area contributed by atoms with E-state index in [1.165, 1.54) is 0 Å². The summed E-state index contributed by atoms with van der Waals surface area (Å²) in [5, 5.41) is 8.90. The minimum atomic E-state index is -0.960. The van der Waals surface area contributed by atoms with Gasteiger partial charge in [-0.3, -0.25) is 4.84 Å². The van der Waals surface area contributed by atoms with Crippen LogP contribution in [0.15, 0.2) is 0 Å². The van der Waals surface area contributed by atoms with Gasteiger partial charge in [0.15, 0.2) is 12.4 Å². The maximum absolute atomic E-state index is 10.9. The van der Waals surface area contributed by atoms with Crippen LogP contribution in [0.2, 0.25) is 0 Å². The Balaban J connectivity index is 2.78. The molecule has 1 aliphatic heterocycles. The zero-order chi connectivity index (χ0) is 10.9. The number of rotatable bonds is 2. The average molecular weight is 203 g/mol. The molecule has 0 bridgehead atoms. The molecule has 0 aliphatic carbocycles. The Morgan fingerprint density at radius 1 is 1.29 bits per heavy atom. The number of ether oxygens (including phenoxy) is 1. The van der Waals surface area contributed by atoms with E-state index in [9.17, 15) is 4.79 Å². The van der Waals surface area contributed by atoms with Gasteiger partial charge in [-0.15, -0.1) is 0 Å². The van der Waals surface area contributed by atoms with E-state index in [4.69, 9.17) is 15.7 Å². The van der Waals surface area contributed by atoms with Crippen LogP contribution in [0.25, 0.3) is 0 Å². The van der Waals surface area contributed by atoms with Crippen LogP contribution in [0.5, 0.6) is 0 Å². The first-order valence-corrected chi connectivity index (χ1v) is 4.72. The zero-order valence-corrected chi connectivity index (χ0v) is 8.64. The van der Waals surface area contributed by atoms with Gasteiger partial charge in [-0.25, -0.2) is 10.7 Å². The molecule has 0 saturated carbocycles. The fourth-order valence-electron chi connectivity index (χ4n) is 1.83. The average Bonchev–Trinajstić information content (AvgIpc) is 2.14. The van der Waals surface area contributed by atoms with Crippen LogP contribution in [-0.4, -0.2) is 23.5 Å². The van der Waals surface area contributed by atoms with E-state index in [1.807, 2.05) is 20.8 Å². The van der Waals surface area contributed by atoms with Gasteiger partial charge < -0.3 is 9.84 Å². The van der Waals surface area contributed by atoms with Crippen molar-refractivity contribution in [3.8, 4) is 0 Å². The van der Waals surface area contributed by atoms with Crippen molar-refractivity contribution in [3.05, 3.63) is 0 Å². The Labute approximate surface area is 83.1 Å². The molecule has 5 atom stereocenters. The Hall–Kier alpha value is -0.650. The summed E-state index contributed by atoms with van der Waals surface area (Å²) in [6.07, 6.45) is -1.45. The molecule has 82 valence electrons. The monoisotopic (exact) mass is 203 g/mol. The summed E-state index contributed by atoms with van der Waals surface area (Å²) >= 11 is 0. The molecule has 5 heteroatoms. The fraction of sp³-hybridized carbons (Fsp3) is 0.889. The molecule has 2 unspecified atom stereocenters. The van der Waals surface area contributed by atoms with Crippen molar-refractivity contribution in [1.82, 2.24) is 0 Å². The van der Waals surface area contributed by atoms with Crippen molar-refractivity contribution in [2.24, 2.45) is 23.7 Å². The molecular formula is C9H17NO4. The van der Waals surface area contributed by atoms with Gasteiger partial charge in [0, 0.05) is 5.92 Å². The van der Waals surface area contributed by atoms with E-state index in [1.54, 1.807) is 0 Å². The van der Waals surface area contributed by atoms with Crippen LogP contribution in [-0.2, 0) is 14.4 Å². The molecule has 1 fully saturated rings. The quantitative estimate of drug-likeness (QED) is 0.642. The van der Waals surface area contributed by atoms with Gasteiger partial charge in [-0.05, 0) is 11.8 Å². The molecule has 14 heavy (non-hydrogen) atoms. The number of hydrogen-bond donors (Lipinski definition) is 2. The smallest absolute Gasteiger partial charge is 0.333 e. The third-order valence-corrected chi connectivity index (χ3v) is 3.22. The van der Waals surface area contributed by atoms with E-state index in [2.05, 4.69) is 4.84 Å². The number of hydrogen-bond acceptors (Lipinski definition) is 4. The van der Waals surface area contributed by atoms with Crippen molar-refractivity contribution < 1.29 is 19.5 Å². The summed E-state index contributed by atoms with van der Waals surface area (Å²) in [5.74, 6) is 4.36. The predicted molar refractivity (Wildman–Crippen MR) is 49.1 cm³/mol. The lowest BCUT2D eigenvalue weighted by molar-refractivity contribution is -0.251. The predicted octanol–water partition coefficient (Wildman–Crippen LogP) is 0.594. The Bertz CT molecular complexity index is 219.